The molecule has 0 amide bonds. The molecule has 0 fully saturated rings. The molecule has 3 aromatic heterocycles. The predicted molar refractivity (Wildman–Crippen MR) is 141 cm³/mol. The maximum Gasteiger partial charge on any atom is 0.228 e. The molecule has 1 N–H and O–H groups in total. The van der Waals surface area contributed by atoms with E-state index >= 15 is 4.39 Å². The molecule has 5 nitrogen and oxygen atoms in total. The fourth-order valence-corrected chi connectivity index (χ4v) is 4.75. The molecule has 0 aliphatic rings. The van der Waals surface area contributed by atoms with Crippen LogP contribution >= 0.6 is 0 Å². The Kier molecular flexibility index (Phi) is 4.57. The van der Waals surface area contributed by atoms with Crippen LogP contribution in [0.4, 0.5) is 15.8 Å². The lowest BCUT2D eigenvalue weighted by molar-refractivity contribution is 0.619. The molecule has 6 heteroatoms. The van der Waals surface area contributed by atoms with E-state index in [2.05, 4.69) is 15.3 Å². The Hall–Kier alpha value is -4.97. The first-order chi connectivity index (χ1) is 17.8. The second kappa shape index (κ2) is 8.06. The van der Waals surface area contributed by atoms with Crippen molar-refractivity contribution in [3.05, 3.63) is 115 Å². The number of nitrogens with zero attached hydrogens (tertiary/aromatic N) is 3. The quantitative estimate of drug-likeness (QED) is 0.284. The van der Waals surface area contributed by atoms with Gasteiger partial charge >= 0.3 is 0 Å². The van der Waals surface area contributed by atoms with Crippen LogP contribution in [0.5, 0.6) is 0 Å². The number of nitrogens with one attached hydrogen (secondary N) is 1. The summed E-state index contributed by atoms with van der Waals surface area (Å²) in [6.45, 7) is 0. The zero-order valence-corrected chi connectivity index (χ0v) is 19.0. The molecule has 0 unspecified atom stereocenters. The van der Waals surface area contributed by atoms with E-state index in [0.29, 0.717) is 22.6 Å². The fourth-order valence-electron chi connectivity index (χ4n) is 4.75. The van der Waals surface area contributed by atoms with Gasteiger partial charge in [-0.3, -0.25) is 0 Å². The minimum atomic E-state index is -0.254. The molecule has 0 bridgehead atoms. The Labute approximate surface area is 205 Å². The van der Waals surface area contributed by atoms with Crippen LogP contribution in [-0.4, -0.2) is 14.5 Å². The molecule has 0 aliphatic carbocycles. The van der Waals surface area contributed by atoms with E-state index in [1.54, 1.807) is 12.3 Å². The smallest absolute Gasteiger partial charge is 0.228 e. The number of pyridine rings is 1. The van der Waals surface area contributed by atoms with Gasteiger partial charge in [0.1, 0.15) is 5.82 Å². The molecule has 0 spiro atoms. The normalized spacial score (nSPS) is 11.5. The van der Waals surface area contributed by atoms with Crippen molar-refractivity contribution in [1.29, 1.82) is 0 Å². The summed E-state index contributed by atoms with van der Waals surface area (Å²) in [6, 6.07) is 32.7. The molecule has 3 heterocycles. The van der Waals surface area contributed by atoms with Crippen LogP contribution in [0.1, 0.15) is 0 Å². The van der Waals surface area contributed by atoms with E-state index in [4.69, 9.17) is 4.42 Å². The highest BCUT2D eigenvalue weighted by Crippen LogP contribution is 2.36. The van der Waals surface area contributed by atoms with Gasteiger partial charge in [0.05, 0.1) is 22.4 Å². The number of aromatic nitrogens is 3. The third-order valence-corrected chi connectivity index (χ3v) is 6.37. The van der Waals surface area contributed by atoms with Gasteiger partial charge in [-0.1, -0.05) is 42.5 Å². The largest absolute Gasteiger partial charge is 0.434 e. The van der Waals surface area contributed by atoms with Crippen molar-refractivity contribution in [3.8, 4) is 17.1 Å². The summed E-state index contributed by atoms with van der Waals surface area (Å²) in [5, 5.41) is 5.41. The number of halogens is 1. The lowest BCUT2D eigenvalue weighted by atomic mass is 10.1. The van der Waals surface area contributed by atoms with Crippen molar-refractivity contribution < 1.29 is 8.81 Å². The minimum Gasteiger partial charge on any atom is -0.434 e. The van der Waals surface area contributed by atoms with Crippen molar-refractivity contribution in [2.75, 3.05) is 5.32 Å². The van der Waals surface area contributed by atoms with Crippen molar-refractivity contribution >= 4 is 44.4 Å². The topological polar surface area (TPSA) is 55.9 Å². The summed E-state index contributed by atoms with van der Waals surface area (Å²) in [7, 11) is 0. The summed E-state index contributed by atoms with van der Waals surface area (Å²) in [5.41, 5.74) is 6.23. The van der Waals surface area contributed by atoms with Gasteiger partial charge in [-0.25, -0.2) is 9.37 Å². The van der Waals surface area contributed by atoms with E-state index in [1.165, 1.54) is 6.07 Å². The van der Waals surface area contributed by atoms with Gasteiger partial charge in [-0.15, -0.1) is 0 Å². The van der Waals surface area contributed by atoms with Crippen LogP contribution in [0.3, 0.4) is 0 Å². The van der Waals surface area contributed by atoms with Gasteiger partial charge in [-0.2, -0.15) is 4.98 Å². The lowest BCUT2D eigenvalue weighted by Crippen LogP contribution is -2.01. The zero-order valence-electron chi connectivity index (χ0n) is 19.0. The van der Waals surface area contributed by atoms with Crippen LogP contribution in [-0.2, 0) is 0 Å². The molecule has 0 aliphatic heterocycles. The molecule has 4 aromatic carbocycles. The molecular weight excluding hydrogens is 451 g/mol. The maximum atomic E-state index is 15.2. The number of anilines is 2. The average Bonchev–Trinajstić information content (AvgIpc) is 3.50. The number of fused-ring (bicyclic) bond motifs is 4. The Balaban J connectivity index is 1.30. The van der Waals surface area contributed by atoms with Crippen LogP contribution < -0.4 is 5.32 Å². The summed E-state index contributed by atoms with van der Waals surface area (Å²) < 4.78 is 23.0. The molecule has 7 aromatic rings. The van der Waals surface area contributed by atoms with Gasteiger partial charge in [0.25, 0.3) is 0 Å². The molecule has 7 rings (SSSR count). The van der Waals surface area contributed by atoms with E-state index in [0.717, 1.165) is 38.9 Å². The molecular formula is C30H19FN4O. The second-order valence-electron chi connectivity index (χ2n) is 8.55. The summed E-state index contributed by atoms with van der Waals surface area (Å²) in [6.07, 6.45) is 1.70. The van der Waals surface area contributed by atoms with Gasteiger partial charge < -0.3 is 14.3 Å². The van der Waals surface area contributed by atoms with Crippen molar-refractivity contribution in [1.82, 2.24) is 14.5 Å². The van der Waals surface area contributed by atoms with Crippen LogP contribution in [0.15, 0.2) is 114 Å². The number of oxazole rings is 1. The van der Waals surface area contributed by atoms with Crippen molar-refractivity contribution in [2.24, 2.45) is 0 Å². The van der Waals surface area contributed by atoms with Crippen LogP contribution in [0, 0.1) is 5.82 Å². The highest BCUT2D eigenvalue weighted by Gasteiger charge is 2.17. The SMILES string of the molecule is Fc1cccc2c3ccccc3n(-c3ccccc3Nc3ccc(-c4nc5ncccc5o4)cc3)c12. The van der Waals surface area contributed by atoms with E-state index < -0.39 is 0 Å². The third-order valence-electron chi connectivity index (χ3n) is 6.37. The van der Waals surface area contributed by atoms with Crippen LogP contribution in [0.2, 0.25) is 0 Å². The Bertz CT molecular complexity index is 1850. The fraction of sp³-hybridized carbons (Fsp3) is 0. The van der Waals surface area contributed by atoms with Gasteiger partial charge in [0.2, 0.25) is 5.89 Å². The monoisotopic (exact) mass is 470 g/mol. The summed E-state index contributed by atoms with van der Waals surface area (Å²) in [5.74, 6) is 0.270. The Morgan fingerprint density at radius 2 is 1.56 bits per heavy atom. The van der Waals surface area contributed by atoms with E-state index in [9.17, 15) is 0 Å². The number of rotatable bonds is 4. The number of hydrogen-bond donors (Lipinski definition) is 1. The van der Waals surface area contributed by atoms with Crippen molar-refractivity contribution in [3.63, 3.8) is 0 Å². The first-order valence-electron chi connectivity index (χ1n) is 11.6. The molecule has 0 radical (unpaired) electrons. The third kappa shape index (κ3) is 3.23. The molecule has 0 atom stereocenters. The number of para-hydroxylation sites is 4. The average molecular weight is 471 g/mol. The summed E-state index contributed by atoms with van der Waals surface area (Å²) in [4.78, 5) is 8.71. The zero-order chi connectivity index (χ0) is 24.1. The minimum absolute atomic E-state index is 0.254. The molecule has 172 valence electrons. The Morgan fingerprint density at radius 1 is 0.750 bits per heavy atom. The van der Waals surface area contributed by atoms with Crippen LogP contribution in [0.25, 0.3) is 50.2 Å². The highest BCUT2D eigenvalue weighted by molar-refractivity contribution is 6.09. The van der Waals surface area contributed by atoms with Crippen molar-refractivity contribution in [2.45, 2.75) is 0 Å². The number of benzene rings is 4. The van der Waals surface area contributed by atoms with E-state index in [1.807, 2.05) is 95.6 Å². The van der Waals surface area contributed by atoms with Gasteiger partial charge in [0, 0.05) is 28.2 Å². The second-order valence-corrected chi connectivity index (χ2v) is 8.55. The molecule has 36 heavy (non-hydrogen) atoms. The standard InChI is InChI=1S/C30H19FN4O/c31-23-9-5-8-22-21-7-1-3-11-25(21)35(28(22)23)26-12-4-2-10-24(26)33-20-16-14-19(15-17-20)30-34-29-27(36-30)13-6-18-32-29/h1-18,33H. The van der Waals surface area contributed by atoms with Gasteiger partial charge in [-0.05, 0) is 60.7 Å². The maximum absolute atomic E-state index is 15.2. The predicted octanol–water partition coefficient (Wildman–Crippen LogP) is 7.87. The summed E-state index contributed by atoms with van der Waals surface area (Å²) >= 11 is 0. The molecule has 0 saturated carbocycles. The Morgan fingerprint density at radius 3 is 2.44 bits per heavy atom. The number of hydrogen-bond acceptors (Lipinski definition) is 4. The first kappa shape index (κ1) is 20.4. The first-order valence-corrected chi connectivity index (χ1v) is 11.6. The van der Waals surface area contributed by atoms with Gasteiger partial charge in [0.15, 0.2) is 11.2 Å². The highest BCUT2D eigenvalue weighted by atomic mass is 19.1. The van der Waals surface area contributed by atoms with E-state index in [-0.39, 0.29) is 5.82 Å². The molecule has 0 saturated heterocycles. The lowest BCUT2D eigenvalue weighted by Gasteiger charge is -2.15.